The average Bonchev–Trinajstić information content (AvgIpc) is 2.54. The molecule has 0 bridgehead atoms. The van der Waals surface area contributed by atoms with Gasteiger partial charge < -0.3 is 5.21 Å². The van der Waals surface area contributed by atoms with Crippen molar-refractivity contribution in [1.82, 2.24) is 0 Å². The van der Waals surface area contributed by atoms with Crippen molar-refractivity contribution in [3.05, 3.63) is 59.7 Å². The van der Waals surface area contributed by atoms with Gasteiger partial charge >= 0.3 is 0 Å². The first kappa shape index (κ1) is 16.0. The molecule has 2 aromatic carbocycles. The molecule has 0 aliphatic carbocycles. The fourth-order valence-corrected chi connectivity index (χ4v) is 3.13. The number of aryl methyl sites for hydroxylation is 1. The first-order valence-corrected chi connectivity index (χ1v) is 8.36. The van der Waals surface area contributed by atoms with E-state index < -0.39 is 10.0 Å². The van der Waals surface area contributed by atoms with E-state index in [1.54, 1.807) is 55.5 Å². The van der Waals surface area contributed by atoms with Crippen molar-refractivity contribution in [3.63, 3.8) is 0 Å². The van der Waals surface area contributed by atoms with Gasteiger partial charge in [0.1, 0.15) is 0 Å². The number of hydrogen-bond acceptors (Lipinski definition) is 4. The van der Waals surface area contributed by atoms with Crippen molar-refractivity contribution in [3.8, 4) is 0 Å². The predicted molar refractivity (Wildman–Crippen MR) is 87.1 cm³/mol. The summed E-state index contributed by atoms with van der Waals surface area (Å²) in [5.74, 6) is 0. The van der Waals surface area contributed by atoms with Gasteiger partial charge in [0.2, 0.25) is 0 Å². The van der Waals surface area contributed by atoms with Crippen LogP contribution in [0.5, 0.6) is 0 Å². The Morgan fingerprint density at radius 2 is 1.77 bits per heavy atom. The zero-order chi connectivity index (χ0) is 16.2. The third-order valence-corrected chi connectivity index (χ3v) is 4.73. The number of oxime groups is 1. The number of benzene rings is 2. The minimum atomic E-state index is -3.69. The molecule has 0 saturated heterocycles. The molecule has 0 unspecified atom stereocenters. The van der Waals surface area contributed by atoms with Crippen LogP contribution in [-0.2, 0) is 16.4 Å². The molecule has 0 radical (unpaired) electrons. The number of hydrogen-bond donors (Lipinski definition) is 2. The predicted octanol–water partition coefficient (Wildman–Crippen LogP) is 3.25. The highest BCUT2D eigenvalue weighted by molar-refractivity contribution is 7.92. The van der Waals surface area contributed by atoms with Gasteiger partial charge in [0.05, 0.1) is 16.3 Å². The highest BCUT2D eigenvalue weighted by atomic mass is 32.2. The van der Waals surface area contributed by atoms with Crippen molar-refractivity contribution in [2.45, 2.75) is 25.2 Å². The fraction of sp³-hybridized carbons (Fsp3) is 0.188. The molecule has 0 aliphatic rings. The van der Waals surface area contributed by atoms with E-state index in [0.29, 0.717) is 17.0 Å². The molecule has 0 aromatic heterocycles. The lowest BCUT2D eigenvalue weighted by molar-refractivity contribution is 0.319. The maximum absolute atomic E-state index is 12.5. The maximum atomic E-state index is 12.5. The number of sulfonamides is 1. The van der Waals surface area contributed by atoms with Gasteiger partial charge in [-0.2, -0.15) is 0 Å². The van der Waals surface area contributed by atoms with Crippen LogP contribution in [0.4, 0.5) is 5.69 Å². The standard InChI is InChI=1S/C16H18N2O3S/c1-3-13-8-10-14(11-9-13)22(20,21)18-16-7-5-4-6-15(16)12(2)17-19/h4-11,18-19H,3H2,1-2H3/b17-12+. The highest BCUT2D eigenvalue weighted by Gasteiger charge is 2.16. The molecule has 6 heteroatoms. The molecular weight excluding hydrogens is 300 g/mol. The van der Waals surface area contributed by atoms with Crippen LogP contribution in [0.1, 0.15) is 25.0 Å². The molecule has 0 heterocycles. The van der Waals surface area contributed by atoms with Crippen LogP contribution >= 0.6 is 0 Å². The van der Waals surface area contributed by atoms with E-state index >= 15 is 0 Å². The first-order chi connectivity index (χ1) is 10.5. The Morgan fingerprint density at radius 1 is 1.14 bits per heavy atom. The van der Waals surface area contributed by atoms with Gasteiger partial charge in [-0.05, 0) is 37.1 Å². The summed E-state index contributed by atoms with van der Waals surface area (Å²) in [6.07, 6.45) is 0.850. The Balaban J connectivity index is 2.37. The van der Waals surface area contributed by atoms with Crippen molar-refractivity contribution >= 4 is 21.4 Å². The van der Waals surface area contributed by atoms with Crippen LogP contribution in [0.25, 0.3) is 0 Å². The topological polar surface area (TPSA) is 78.8 Å². The van der Waals surface area contributed by atoms with Gasteiger partial charge in [0.15, 0.2) is 0 Å². The first-order valence-electron chi connectivity index (χ1n) is 6.87. The summed E-state index contributed by atoms with van der Waals surface area (Å²) in [6.45, 7) is 3.61. The van der Waals surface area contributed by atoms with Crippen LogP contribution < -0.4 is 4.72 Å². The molecule has 22 heavy (non-hydrogen) atoms. The Labute approximate surface area is 130 Å². The Bertz CT molecular complexity index is 781. The van der Waals surface area contributed by atoms with Crippen molar-refractivity contribution in [2.75, 3.05) is 4.72 Å². The molecule has 0 spiro atoms. The minimum Gasteiger partial charge on any atom is -0.411 e. The lowest BCUT2D eigenvalue weighted by Gasteiger charge is -2.12. The second kappa shape index (κ2) is 6.62. The molecule has 0 aliphatic heterocycles. The Hall–Kier alpha value is -2.34. The van der Waals surface area contributed by atoms with Gasteiger partial charge in [0, 0.05) is 5.56 Å². The van der Waals surface area contributed by atoms with Gasteiger partial charge in [0.25, 0.3) is 10.0 Å². The number of nitrogens with one attached hydrogen (secondary N) is 1. The maximum Gasteiger partial charge on any atom is 0.261 e. The van der Waals surface area contributed by atoms with Gasteiger partial charge in [-0.3, -0.25) is 4.72 Å². The van der Waals surface area contributed by atoms with E-state index in [1.165, 1.54) is 0 Å². The molecule has 2 rings (SSSR count). The molecule has 116 valence electrons. The fourth-order valence-electron chi connectivity index (χ4n) is 2.05. The normalized spacial score (nSPS) is 12.2. The smallest absolute Gasteiger partial charge is 0.261 e. The van der Waals surface area contributed by atoms with Gasteiger partial charge in [-0.25, -0.2) is 8.42 Å². The van der Waals surface area contributed by atoms with Crippen molar-refractivity contribution < 1.29 is 13.6 Å². The lowest BCUT2D eigenvalue weighted by atomic mass is 10.1. The second-order valence-electron chi connectivity index (χ2n) is 4.83. The highest BCUT2D eigenvalue weighted by Crippen LogP contribution is 2.21. The third-order valence-electron chi connectivity index (χ3n) is 3.35. The zero-order valence-corrected chi connectivity index (χ0v) is 13.3. The molecule has 0 amide bonds. The van der Waals surface area contributed by atoms with Crippen LogP contribution in [-0.4, -0.2) is 19.3 Å². The number of anilines is 1. The largest absolute Gasteiger partial charge is 0.411 e. The Morgan fingerprint density at radius 3 is 2.36 bits per heavy atom. The summed E-state index contributed by atoms with van der Waals surface area (Å²) in [7, 11) is -3.69. The number of nitrogens with zero attached hydrogens (tertiary/aromatic N) is 1. The molecule has 0 saturated carbocycles. The van der Waals surface area contributed by atoms with Gasteiger partial charge in [-0.15, -0.1) is 0 Å². The second-order valence-corrected chi connectivity index (χ2v) is 6.52. The van der Waals surface area contributed by atoms with Crippen LogP contribution in [0, 0.1) is 0 Å². The zero-order valence-electron chi connectivity index (χ0n) is 12.4. The quantitative estimate of drug-likeness (QED) is 0.504. The van der Waals surface area contributed by atoms with Gasteiger partial charge in [-0.1, -0.05) is 42.4 Å². The van der Waals surface area contributed by atoms with Crippen LogP contribution in [0.3, 0.4) is 0 Å². The molecule has 2 aromatic rings. The van der Waals surface area contributed by atoms with Crippen LogP contribution in [0.15, 0.2) is 58.6 Å². The summed E-state index contributed by atoms with van der Waals surface area (Å²) in [5.41, 5.74) is 2.30. The van der Waals surface area contributed by atoms with E-state index in [4.69, 9.17) is 5.21 Å². The average molecular weight is 318 g/mol. The molecular formula is C16H18N2O3S. The molecule has 2 N–H and O–H groups in total. The third kappa shape index (κ3) is 3.46. The summed E-state index contributed by atoms with van der Waals surface area (Å²) in [5, 5.41) is 12.0. The number of rotatable bonds is 5. The monoisotopic (exact) mass is 318 g/mol. The van der Waals surface area contributed by atoms with E-state index in [-0.39, 0.29) is 4.90 Å². The van der Waals surface area contributed by atoms with E-state index in [0.717, 1.165) is 12.0 Å². The SMILES string of the molecule is CCc1ccc(S(=O)(=O)Nc2ccccc2/C(C)=N/O)cc1. The summed E-state index contributed by atoms with van der Waals surface area (Å²) in [4.78, 5) is 0.193. The lowest BCUT2D eigenvalue weighted by Crippen LogP contribution is -2.15. The molecule has 0 atom stereocenters. The van der Waals surface area contributed by atoms with Crippen molar-refractivity contribution in [2.24, 2.45) is 5.16 Å². The van der Waals surface area contributed by atoms with E-state index in [2.05, 4.69) is 9.88 Å². The summed E-state index contributed by atoms with van der Waals surface area (Å²) in [6, 6.07) is 13.5. The molecule has 0 fully saturated rings. The van der Waals surface area contributed by atoms with E-state index in [9.17, 15) is 8.42 Å². The summed E-state index contributed by atoms with van der Waals surface area (Å²) < 4.78 is 27.4. The minimum absolute atomic E-state index is 0.193. The van der Waals surface area contributed by atoms with E-state index in [1.807, 2.05) is 6.92 Å². The van der Waals surface area contributed by atoms with Crippen LogP contribution in [0.2, 0.25) is 0 Å². The summed E-state index contributed by atoms with van der Waals surface area (Å²) >= 11 is 0. The molecule has 5 nitrogen and oxygen atoms in total. The Kier molecular flexibility index (Phi) is 4.82. The number of para-hydroxylation sites is 1. The van der Waals surface area contributed by atoms with Crippen molar-refractivity contribution in [1.29, 1.82) is 0 Å².